The molecule has 0 radical (unpaired) electrons. The number of fused-ring (bicyclic) bond motifs is 1. The van der Waals surface area contributed by atoms with Crippen LogP contribution in [0.2, 0.25) is 18.1 Å². The highest BCUT2D eigenvalue weighted by Crippen LogP contribution is 2.47. The van der Waals surface area contributed by atoms with Gasteiger partial charge in [0.2, 0.25) is 5.95 Å². The van der Waals surface area contributed by atoms with Gasteiger partial charge in [-0.2, -0.15) is 4.98 Å². The maximum Gasteiger partial charge on any atom is 0.695 e. The summed E-state index contributed by atoms with van der Waals surface area (Å²) in [5.74, 6) is 1.05. The second-order valence-corrected chi connectivity index (χ2v) is 21.9. The second-order valence-electron chi connectivity index (χ2n) is 16.4. The summed E-state index contributed by atoms with van der Waals surface area (Å²) in [6, 6.07) is 33.5. The maximum atomic E-state index is 13.5. The van der Waals surface area contributed by atoms with Crippen LogP contribution in [0.5, 0.6) is 17.2 Å². The van der Waals surface area contributed by atoms with Crippen LogP contribution in [0.1, 0.15) is 43.7 Å². The van der Waals surface area contributed by atoms with E-state index >= 15 is 0 Å². The highest BCUT2D eigenvalue weighted by molar-refractivity contribution is 7.32. The van der Waals surface area contributed by atoms with E-state index in [2.05, 4.69) is 41.0 Å². The molecule has 330 valence electrons. The Balaban J connectivity index is 1.31. The minimum absolute atomic E-state index is 0.0456. The van der Waals surface area contributed by atoms with E-state index in [1.165, 1.54) is 10.9 Å². The van der Waals surface area contributed by atoms with Crippen LogP contribution in [0.25, 0.3) is 11.2 Å². The minimum atomic E-state index is -3.20. The van der Waals surface area contributed by atoms with Crippen LogP contribution in [-0.4, -0.2) is 84.4 Å². The number of anilines is 1. The van der Waals surface area contributed by atoms with E-state index in [-0.39, 0.29) is 35.4 Å². The lowest BCUT2D eigenvalue weighted by molar-refractivity contribution is -0.118. The number of nitrogens with one attached hydrogen (secondary N) is 2. The number of imidazole rings is 1. The lowest BCUT2D eigenvalue weighted by atomic mass is 9.80. The molecule has 6 aromatic rings. The zero-order chi connectivity index (χ0) is 44.9. The molecule has 0 aliphatic carbocycles. The SMILES string of the molecule is COc1ccc(C(OC[C@H]2O[C@@H](n3cnc4c(=O)[nH]c(NC(=O)COc5ccccc5)nc43)[C@H](O[Si](C)(C)C(C)(C)C)[C@@H]2O[P+](=O)O)(c2ccccc2)c2ccc(OC)cc2)cc1. The van der Waals surface area contributed by atoms with Crippen molar-refractivity contribution in [3.8, 4) is 17.2 Å². The summed E-state index contributed by atoms with van der Waals surface area (Å²) in [6.07, 6.45) is -3.03. The van der Waals surface area contributed by atoms with Crippen LogP contribution in [-0.2, 0) is 33.4 Å². The van der Waals surface area contributed by atoms with Gasteiger partial charge in [0.25, 0.3) is 11.5 Å². The highest BCUT2D eigenvalue weighted by Gasteiger charge is 2.56. The van der Waals surface area contributed by atoms with Crippen molar-refractivity contribution in [1.29, 1.82) is 0 Å². The van der Waals surface area contributed by atoms with Gasteiger partial charge in [-0.1, -0.05) is 93.6 Å². The smallest absolute Gasteiger partial charge is 0.497 e. The number of nitrogens with zero attached hydrogens (tertiary/aromatic N) is 3. The number of benzene rings is 4. The molecule has 4 aromatic carbocycles. The molecular weight excluding hydrogens is 846 g/mol. The first kappa shape index (κ1) is 45.2. The van der Waals surface area contributed by atoms with Crippen LogP contribution in [0.4, 0.5) is 5.95 Å². The van der Waals surface area contributed by atoms with Crippen molar-refractivity contribution in [2.75, 3.05) is 32.8 Å². The fourth-order valence-electron chi connectivity index (χ4n) is 7.23. The molecule has 3 N–H and O–H groups in total. The largest absolute Gasteiger partial charge is 0.695 e. The van der Waals surface area contributed by atoms with Crippen molar-refractivity contribution in [3.05, 3.63) is 143 Å². The molecule has 1 unspecified atom stereocenters. The van der Waals surface area contributed by atoms with Crippen LogP contribution < -0.4 is 25.1 Å². The first-order valence-electron chi connectivity index (χ1n) is 20.2. The highest BCUT2D eigenvalue weighted by atomic mass is 31.1. The van der Waals surface area contributed by atoms with E-state index < -0.39 is 58.2 Å². The van der Waals surface area contributed by atoms with Gasteiger partial charge in [-0.25, -0.2) is 4.98 Å². The third-order valence-corrected chi connectivity index (χ3v) is 16.3. The fraction of sp³-hybridized carbons (Fsp3) is 0.333. The number of ether oxygens (including phenoxy) is 5. The summed E-state index contributed by atoms with van der Waals surface area (Å²) < 4.78 is 57.9. The fourth-order valence-corrected chi connectivity index (χ4v) is 8.98. The van der Waals surface area contributed by atoms with Gasteiger partial charge in [0, 0.05) is 4.57 Å². The zero-order valence-electron chi connectivity index (χ0n) is 36.0. The van der Waals surface area contributed by atoms with Gasteiger partial charge >= 0.3 is 8.25 Å². The Kier molecular flexibility index (Phi) is 13.6. The van der Waals surface area contributed by atoms with E-state index in [0.29, 0.717) is 17.2 Å². The average molecular weight is 897 g/mol. The van der Waals surface area contributed by atoms with Crippen LogP contribution >= 0.6 is 8.25 Å². The number of hydrogen-bond acceptors (Lipinski definition) is 12. The molecule has 1 amide bonds. The topological polar surface area (TPSA) is 195 Å². The van der Waals surface area contributed by atoms with Gasteiger partial charge in [-0.05, 0) is 71.2 Å². The second kappa shape index (κ2) is 18.9. The zero-order valence-corrected chi connectivity index (χ0v) is 37.9. The van der Waals surface area contributed by atoms with E-state index in [0.717, 1.165) is 16.7 Å². The van der Waals surface area contributed by atoms with Crippen molar-refractivity contribution in [3.63, 3.8) is 0 Å². The molecule has 0 spiro atoms. The molecule has 7 rings (SSSR count). The number of methoxy groups -OCH3 is 2. The molecule has 5 atom stereocenters. The molecular formula is C45H51N5O11PSi+. The van der Waals surface area contributed by atoms with Gasteiger partial charge in [-0.3, -0.25) is 24.5 Å². The van der Waals surface area contributed by atoms with Crippen LogP contribution in [0.15, 0.2) is 120 Å². The normalized spacial score (nSPS) is 18.3. The Morgan fingerprint density at radius 2 is 1.43 bits per heavy atom. The predicted octanol–water partition coefficient (Wildman–Crippen LogP) is 7.49. The lowest BCUT2D eigenvalue weighted by Crippen LogP contribution is -2.49. The van der Waals surface area contributed by atoms with Crippen molar-refractivity contribution in [2.24, 2.45) is 0 Å². The van der Waals surface area contributed by atoms with Crippen LogP contribution in [0, 0.1) is 0 Å². The van der Waals surface area contributed by atoms with Crippen molar-refractivity contribution in [2.45, 2.75) is 69.0 Å². The van der Waals surface area contributed by atoms with Crippen molar-refractivity contribution < 1.29 is 46.9 Å². The molecule has 1 fully saturated rings. The lowest BCUT2D eigenvalue weighted by Gasteiger charge is -2.40. The predicted molar refractivity (Wildman–Crippen MR) is 238 cm³/mol. The third kappa shape index (κ3) is 9.75. The quantitative estimate of drug-likeness (QED) is 0.0464. The molecule has 1 aliphatic heterocycles. The Morgan fingerprint density at radius 3 is 1.98 bits per heavy atom. The number of aromatic amines is 1. The van der Waals surface area contributed by atoms with E-state index in [9.17, 15) is 19.0 Å². The number of rotatable bonds is 17. The minimum Gasteiger partial charge on any atom is -0.497 e. The molecule has 3 heterocycles. The number of H-pyrrole nitrogens is 1. The van der Waals surface area contributed by atoms with Gasteiger partial charge < -0.3 is 28.1 Å². The van der Waals surface area contributed by atoms with Crippen molar-refractivity contribution in [1.82, 2.24) is 19.5 Å². The summed E-state index contributed by atoms with van der Waals surface area (Å²) in [5, 5.41) is 2.27. The summed E-state index contributed by atoms with van der Waals surface area (Å²) >= 11 is 0. The van der Waals surface area contributed by atoms with E-state index in [1.807, 2.05) is 98.0 Å². The first-order valence-corrected chi connectivity index (χ1v) is 24.3. The Morgan fingerprint density at radius 1 is 0.857 bits per heavy atom. The van der Waals surface area contributed by atoms with Crippen molar-refractivity contribution >= 4 is 39.6 Å². The van der Waals surface area contributed by atoms with Crippen LogP contribution in [0.3, 0.4) is 0 Å². The molecule has 1 aliphatic rings. The molecule has 2 aromatic heterocycles. The van der Waals surface area contributed by atoms with Gasteiger partial charge in [0.15, 0.2) is 38.4 Å². The number of carbonyl (C=O) groups excluding carboxylic acids is 1. The van der Waals surface area contributed by atoms with Gasteiger partial charge in [-0.15, -0.1) is 9.42 Å². The standard InChI is InChI=1S/C45H50N5O11PSi/c1-44(2,3)63(6,7)61-39-38(60-62(53)54)35(59-42(39)50-28-46-37-40(50)48-43(49-41(37)52)47-36(51)27-57-34-16-12-9-13-17-34)26-58-45(29-14-10-8-11-15-29,30-18-22-32(55-4)23-19-30)31-20-24-33(56-5)25-21-31/h8-25,28,35,38-39,42H,26-27H2,1-7H3,(H2-,47,48,49,51,52,53,54)/p+1/t35-,38-,39-,42-/m1/s1. The maximum absolute atomic E-state index is 13.5. The van der Waals surface area contributed by atoms with Gasteiger partial charge in [0.05, 0.1) is 27.2 Å². The molecule has 0 bridgehead atoms. The molecule has 63 heavy (non-hydrogen) atoms. The summed E-state index contributed by atoms with van der Waals surface area (Å²) in [6.45, 7) is 9.73. The Labute approximate surface area is 366 Å². The molecule has 0 saturated carbocycles. The average Bonchev–Trinajstić information content (AvgIpc) is 3.84. The molecule has 16 nitrogen and oxygen atoms in total. The van der Waals surface area contributed by atoms with E-state index in [1.54, 1.807) is 38.5 Å². The number of aromatic nitrogens is 4. The number of amides is 1. The van der Waals surface area contributed by atoms with E-state index in [4.69, 9.17) is 32.6 Å². The molecule has 1 saturated heterocycles. The summed E-state index contributed by atoms with van der Waals surface area (Å²) in [7, 11) is -2.74. The Hall–Kier alpha value is -5.78. The number of hydrogen-bond donors (Lipinski definition) is 3. The number of carbonyl (C=O) groups is 1. The van der Waals surface area contributed by atoms with Gasteiger partial charge in [0.1, 0.15) is 35.1 Å². The first-order chi connectivity index (χ1) is 30.1. The monoisotopic (exact) mass is 896 g/mol. The summed E-state index contributed by atoms with van der Waals surface area (Å²) in [4.78, 5) is 48.4. The molecule has 18 heteroatoms. The Bertz CT molecular complexity index is 2520. The number of para-hydroxylation sites is 1. The third-order valence-electron chi connectivity index (χ3n) is 11.4. The summed E-state index contributed by atoms with van der Waals surface area (Å²) in [5.41, 5.74) is 0.379.